The Bertz CT molecular complexity index is 575. The van der Waals surface area contributed by atoms with Crippen molar-refractivity contribution >= 4 is 0 Å². The second-order valence-electron chi connectivity index (χ2n) is 11.5. The minimum atomic E-state index is -1.17. The molecule has 4 saturated heterocycles. The Kier molecular flexibility index (Phi) is 15.7. The molecule has 4 heterocycles. The van der Waals surface area contributed by atoms with Crippen molar-refractivity contribution in [3.8, 4) is 0 Å². The molecular weight excluding hydrogens is 522 g/mol. The molecule has 12 heteroatoms. The van der Waals surface area contributed by atoms with E-state index in [2.05, 4.69) is 44.7 Å². The molecule has 4 bridgehead atoms. The SMILES string of the molecule is CC(O)O.CN1CC[N+]2(C)[CH-][N+](CCN3CC[N+]4(C)CC[N+](C)(CC3)C4)(CC1)CC2.O.O.[Mn+2].[Mn]. The number of hydrogen-bond acceptors (Lipinski definition) is 4. The number of nitrogens with zero attached hydrogens (tertiary/aromatic N) is 6. The van der Waals surface area contributed by atoms with Gasteiger partial charge in [-0.05, 0) is 14.0 Å². The summed E-state index contributed by atoms with van der Waals surface area (Å²) >= 11 is 0. The Labute approximate surface area is 229 Å². The Balaban J connectivity index is 0. The first-order valence-electron chi connectivity index (χ1n) is 12.0. The number of likely N-dealkylation sites (N-methyl/N-ethyl adjacent to an activating group) is 4. The third-order valence-electron chi connectivity index (χ3n) is 8.14. The number of aliphatic hydroxyl groups is 2. The van der Waals surface area contributed by atoms with Crippen molar-refractivity contribution in [2.45, 2.75) is 13.2 Å². The summed E-state index contributed by atoms with van der Waals surface area (Å²) < 4.78 is 5.00. The maximum absolute atomic E-state index is 7.61. The maximum Gasteiger partial charge on any atom is 2.00 e. The normalized spacial score (nSPS) is 37.8. The molecule has 10 nitrogen and oxygen atoms in total. The van der Waals surface area contributed by atoms with Gasteiger partial charge in [-0.1, -0.05) is 0 Å². The first kappa shape index (κ1) is 36.8. The van der Waals surface area contributed by atoms with Gasteiger partial charge < -0.3 is 30.1 Å². The van der Waals surface area contributed by atoms with E-state index in [1.807, 2.05) is 0 Å². The summed E-state index contributed by atoms with van der Waals surface area (Å²) in [5.74, 6) is 0. The molecule has 34 heavy (non-hydrogen) atoms. The number of quaternary nitrogens is 4. The molecule has 4 aliphatic heterocycles. The number of fused-ring (bicyclic) bond motifs is 4. The second kappa shape index (κ2) is 14.5. The topological polar surface area (TPSA) is 110 Å². The van der Waals surface area contributed by atoms with Gasteiger partial charge >= 0.3 is 17.1 Å². The van der Waals surface area contributed by atoms with Gasteiger partial charge in [-0.25, -0.2) is 0 Å². The standard InChI is InChI=1S/C20H43N6.C2H6O2.2Mn.2H2O/c1-21-5-10-25(4)17-18-26(20-25,13-6-21)14-9-22-7-11-23(2)15-16-24(3,19-23)12-8-22;1-2(3)4;;;;/h20H,5-19H2,1-4H3;2-4H,1H3;;;2*1H2/q+3;;;+2;;. The molecule has 0 spiro atoms. The maximum atomic E-state index is 7.61. The van der Waals surface area contributed by atoms with Crippen molar-refractivity contribution < 1.29 is 73.2 Å². The van der Waals surface area contributed by atoms with E-state index < -0.39 is 6.29 Å². The molecule has 2 radical (unpaired) electrons. The van der Waals surface area contributed by atoms with Gasteiger partial charge in [0.05, 0.1) is 53.5 Å². The predicted octanol–water partition coefficient (Wildman–Crippen LogP) is -2.83. The van der Waals surface area contributed by atoms with Crippen LogP contribution in [-0.4, -0.2) is 182 Å². The van der Waals surface area contributed by atoms with Gasteiger partial charge in [0.25, 0.3) is 0 Å². The molecule has 204 valence electrons. The fourth-order valence-electron chi connectivity index (χ4n) is 5.89. The van der Waals surface area contributed by atoms with Gasteiger partial charge in [0.15, 0.2) is 0 Å². The molecule has 4 fully saturated rings. The molecule has 0 aromatic carbocycles. The van der Waals surface area contributed by atoms with E-state index in [1.165, 1.54) is 123 Å². The molecule has 0 aliphatic carbocycles. The molecule has 6 N–H and O–H groups in total. The summed E-state index contributed by atoms with van der Waals surface area (Å²) in [6.45, 7) is 23.7. The van der Waals surface area contributed by atoms with Crippen LogP contribution in [0.4, 0.5) is 0 Å². The molecule has 0 aromatic heterocycles. The zero-order valence-electron chi connectivity index (χ0n) is 22.1. The van der Waals surface area contributed by atoms with Crippen LogP contribution in [0, 0.1) is 6.67 Å². The van der Waals surface area contributed by atoms with E-state index in [4.69, 9.17) is 10.2 Å². The molecule has 0 aromatic rings. The van der Waals surface area contributed by atoms with Crippen LogP contribution in [0.5, 0.6) is 0 Å². The van der Waals surface area contributed by atoms with Gasteiger partial charge in [-0.15, -0.1) is 0 Å². The first-order valence-corrected chi connectivity index (χ1v) is 12.0. The molecule has 0 amide bonds. The van der Waals surface area contributed by atoms with Crippen molar-refractivity contribution in [2.24, 2.45) is 0 Å². The summed E-state index contributed by atoms with van der Waals surface area (Å²) in [4.78, 5) is 5.34. The van der Waals surface area contributed by atoms with Crippen LogP contribution >= 0.6 is 0 Å². The predicted molar refractivity (Wildman–Crippen MR) is 127 cm³/mol. The van der Waals surface area contributed by atoms with Gasteiger partial charge in [0.2, 0.25) is 6.67 Å². The van der Waals surface area contributed by atoms with Gasteiger partial charge in [0.1, 0.15) is 32.5 Å². The van der Waals surface area contributed by atoms with Gasteiger partial charge in [0, 0.05) is 56.8 Å². The first-order chi connectivity index (χ1) is 13.9. The zero-order valence-corrected chi connectivity index (χ0v) is 24.5. The monoisotopic (exact) mass is 575 g/mol. The van der Waals surface area contributed by atoms with E-state index in [9.17, 15) is 0 Å². The van der Waals surface area contributed by atoms with E-state index in [1.54, 1.807) is 0 Å². The summed E-state index contributed by atoms with van der Waals surface area (Å²) in [6.07, 6.45) is -1.17. The van der Waals surface area contributed by atoms with E-state index in [0.717, 1.165) is 0 Å². The molecule has 4 unspecified atom stereocenters. The minimum Gasteiger partial charge on any atom is -0.412 e. The van der Waals surface area contributed by atoms with Gasteiger partial charge in [-0.3, -0.25) is 18.8 Å². The molecule has 0 saturated carbocycles. The fourth-order valence-corrected chi connectivity index (χ4v) is 5.89. The van der Waals surface area contributed by atoms with Crippen molar-refractivity contribution in [1.29, 1.82) is 0 Å². The number of rotatable bonds is 3. The van der Waals surface area contributed by atoms with Crippen LogP contribution in [0.15, 0.2) is 0 Å². The molecule has 4 rings (SSSR count). The molecule has 4 aliphatic rings. The van der Waals surface area contributed by atoms with E-state index >= 15 is 0 Å². The Morgan fingerprint density at radius 3 is 1.82 bits per heavy atom. The summed E-state index contributed by atoms with van der Waals surface area (Å²) in [5.41, 5.74) is 0. The van der Waals surface area contributed by atoms with Crippen LogP contribution in [0.2, 0.25) is 0 Å². The van der Waals surface area contributed by atoms with Crippen molar-refractivity contribution in [3.63, 3.8) is 0 Å². The van der Waals surface area contributed by atoms with Crippen molar-refractivity contribution in [3.05, 3.63) is 6.67 Å². The second-order valence-corrected chi connectivity index (χ2v) is 11.5. The van der Waals surface area contributed by atoms with Crippen molar-refractivity contribution in [2.75, 3.05) is 126 Å². The summed E-state index contributed by atoms with van der Waals surface area (Å²) in [5, 5.41) is 15.2. The summed E-state index contributed by atoms with van der Waals surface area (Å²) in [6, 6.07) is 0. The van der Waals surface area contributed by atoms with Crippen LogP contribution in [-0.2, 0) is 34.1 Å². The van der Waals surface area contributed by atoms with Crippen molar-refractivity contribution in [1.82, 2.24) is 9.80 Å². The Morgan fingerprint density at radius 1 is 0.794 bits per heavy atom. The Hall–Kier alpha value is 0.639. The quantitative estimate of drug-likeness (QED) is 0.164. The van der Waals surface area contributed by atoms with Crippen LogP contribution < -0.4 is 0 Å². The van der Waals surface area contributed by atoms with Gasteiger partial charge in [-0.2, -0.15) is 0 Å². The largest absolute Gasteiger partial charge is 2.00 e. The number of aliphatic hydroxyl groups excluding tert-OH is 1. The van der Waals surface area contributed by atoms with Crippen LogP contribution in [0.3, 0.4) is 0 Å². The summed E-state index contributed by atoms with van der Waals surface area (Å²) in [7, 11) is 9.73. The van der Waals surface area contributed by atoms with E-state index in [0.29, 0.717) is 0 Å². The third-order valence-corrected chi connectivity index (χ3v) is 8.14. The molecule has 4 atom stereocenters. The Morgan fingerprint density at radius 2 is 1.29 bits per heavy atom. The zero-order chi connectivity index (χ0) is 22.0. The average Bonchev–Trinajstić information content (AvgIpc) is 3.16. The smallest absolute Gasteiger partial charge is 0.412 e. The van der Waals surface area contributed by atoms with Crippen LogP contribution in [0.25, 0.3) is 0 Å². The molecular formula is C22H53Mn2N6O4+5. The number of hydrogen-bond donors (Lipinski definition) is 2. The minimum absolute atomic E-state index is 0. The average molecular weight is 576 g/mol. The fraction of sp³-hybridized carbons (Fsp3) is 0.955. The third kappa shape index (κ3) is 10.2. The van der Waals surface area contributed by atoms with Crippen LogP contribution in [0.1, 0.15) is 6.92 Å². The van der Waals surface area contributed by atoms with E-state index in [-0.39, 0.29) is 45.1 Å².